The minimum atomic E-state index is -2.77. The van der Waals surface area contributed by atoms with Crippen LogP contribution in [-0.2, 0) is 9.84 Å². The number of halogens is 1. The Morgan fingerprint density at radius 2 is 2.23 bits per heavy atom. The normalized spacial score (nSPS) is 40.2. The van der Waals surface area contributed by atoms with E-state index in [2.05, 4.69) is 5.32 Å². The molecule has 5 heteroatoms. The molecule has 2 aliphatic rings. The molecule has 1 heterocycles. The molecule has 0 aromatic heterocycles. The van der Waals surface area contributed by atoms with Gasteiger partial charge in [-0.1, -0.05) is 0 Å². The SMILES string of the molecule is O=S1(=O)CC2CC2[C@H]1CNCCCl. The molecule has 3 nitrogen and oxygen atoms in total. The van der Waals surface area contributed by atoms with Crippen molar-refractivity contribution in [3.63, 3.8) is 0 Å². The Hall–Kier alpha value is 0.200. The lowest BCUT2D eigenvalue weighted by Crippen LogP contribution is -2.34. The molecule has 1 saturated heterocycles. The maximum absolute atomic E-state index is 11.5. The Labute approximate surface area is 83.8 Å². The summed E-state index contributed by atoms with van der Waals surface area (Å²) in [6, 6.07) is 0. The predicted octanol–water partition coefficient (Wildman–Crippen LogP) is 0.248. The molecule has 1 saturated carbocycles. The molecule has 3 atom stereocenters. The molecule has 1 aliphatic heterocycles. The highest BCUT2D eigenvalue weighted by Crippen LogP contribution is 2.50. The van der Waals surface area contributed by atoms with E-state index in [9.17, 15) is 8.42 Å². The van der Waals surface area contributed by atoms with Crippen molar-refractivity contribution in [2.45, 2.75) is 11.7 Å². The van der Waals surface area contributed by atoms with Crippen molar-refractivity contribution in [1.82, 2.24) is 5.32 Å². The standard InChI is InChI=1S/C8H14ClNO2S/c9-1-2-10-4-8-7-3-6(7)5-13(8,11)12/h6-8,10H,1-5H2/t6?,7?,8-/m1/s1. The summed E-state index contributed by atoms with van der Waals surface area (Å²) < 4.78 is 23.0. The van der Waals surface area contributed by atoms with Gasteiger partial charge in [0.1, 0.15) is 0 Å². The summed E-state index contributed by atoms with van der Waals surface area (Å²) >= 11 is 5.49. The Morgan fingerprint density at radius 3 is 2.77 bits per heavy atom. The van der Waals surface area contributed by atoms with Gasteiger partial charge in [0.15, 0.2) is 9.84 Å². The fourth-order valence-corrected chi connectivity index (χ4v) is 4.79. The van der Waals surface area contributed by atoms with Crippen LogP contribution in [0, 0.1) is 11.8 Å². The van der Waals surface area contributed by atoms with E-state index >= 15 is 0 Å². The van der Waals surface area contributed by atoms with Crippen molar-refractivity contribution in [3.8, 4) is 0 Å². The third-order valence-electron chi connectivity index (χ3n) is 2.98. The highest BCUT2D eigenvalue weighted by atomic mass is 35.5. The van der Waals surface area contributed by atoms with E-state index in [1.807, 2.05) is 0 Å². The van der Waals surface area contributed by atoms with E-state index in [0.29, 0.717) is 36.6 Å². The monoisotopic (exact) mass is 223 g/mol. The van der Waals surface area contributed by atoms with Crippen LogP contribution in [0.2, 0.25) is 0 Å². The molecule has 1 aliphatic carbocycles. The molecule has 0 radical (unpaired) electrons. The molecule has 2 rings (SSSR count). The molecule has 76 valence electrons. The number of hydrogen-bond acceptors (Lipinski definition) is 3. The number of sulfone groups is 1. The van der Waals surface area contributed by atoms with Crippen LogP contribution in [0.5, 0.6) is 0 Å². The van der Waals surface area contributed by atoms with Gasteiger partial charge in [0.05, 0.1) is 11.0 Å². The van der Waals surface area contributed by atoms with Crippen molar-refractivity contribution in [2.24, 2.45) is 11.8 Å². The second kappa shape index (κ2) is 3.41. The number of alkyl halides is 1. The summed E-state index contributed by atoms with van der Waals surface area (Å²) in [5.74, 6) is 1.90. The average Bonchev–Trinajstić information content (AvgIpc) is 2.71. The van der Waals surface area contributed by atoms with E-state index in [1.165, 1.54) is 0 Å². The summed E-state index contributed by atoms with van der Waals surface area (Å²) in [6.45, 7) is 1.29. The van der Waals surface area contributed by atoms with Gasteiger partial charge < -0.3 is 5.32 Å². The Morgan fingerprint density at radius 1 is 1.46 bits per heavy atom. The first-order valence-corrected chi connectivity index (χ1v) is 6.88. The summed E-state index contributed by atoms with van der Waals surface area (Å²) in [6.07, 6.45) is 1.12. The Balaban J connectivity index is 1.90. The van der Waals surface area contributed by atoms with Crippen LogP contribution in [0.15, 0.2) is 0 Å². The van der Waals surface area contributed by atoms with E-state index in [1.54, 1.807) is 0 Å². The smallest absolute Gasteiger partial charge is 0.154 e. The van der Waals surface area contributed by atoms with Gasteiger partial charge in [-0.25, -0.2) is 8.42 Å². The Kier molecular flexibility index (Phi) is 2.55. The Bertz CT molecular complexity index is 291. The van der Waals surface area contributed by atoms with Crippen LogP contribution in [0.1, 0.15) is 6.42 Å². The van der Waals surface area contributed by atoms with Crippen LogP contribution >= 0.6 is 11.6 Å². The van der Waals surface area contributed by atoms with Gasteiger partial charge in [0.25, 0.3) is 0 Å². The third kappa shape index (κ3) is 1.85. The molecule has 0 aromatic carbocycles. The van der Waals surface area contributed by atoms with Crippen molar-refractivity contribution in [3.05, 3.63) is 0 Å². The fourth-order valence-electron chi connectivity index (χ4n) is 2.20. The zero-order valence-corrected chi connectivity index (χ0v) is 8.94. The second-order valence-corrected chi connectivity index (χ2v) is 6.56. The third-order valence-corrected chi connectivity index (χ3v) is 5.50. The molecular weight excluding hydrogens is 210 g/mol. The molecule has 2 unspecified atom stereocenters. The molecule has 0 spiro atoms. The fraction of sp³-hybridized carbons (Fsp3) is 1.00. The van der Waals surface area contributed by atoms with Gasteiger partial charge in [0, 0.05) is 19.0 Å². The van der Waals surface area contributed by atoms with E-state index < -0.39 is 9.84 Å². The van der Waals surface area contributed by atoms with Gasteiger partial charge in [0.2, 0.25) is 0 Å². The second-order valence-electron chi connectivity index (χ2n) is 3.92. The van der Waals surface area contributed by atoms with Gasteiger partial charge in [-0.05, 0) is 18.3 Å². The number of nitrogens with one attached hydrogen (secondary N) is 1. The van der Waals surface area contributed by atoms with Crippen molar-refractivity contribution >= 4 is 21.4 Å². The lowest BCUT2D eigenvalue weighted by molar-refractivity contribution is 0.564. The van der Waals surface area contributed by atoms with Crippen LogP contribution in [0.3, 0.4) is 0 Å². The lowest BCUT2D eigenvalue weighted by atomic mass is 10.2. The van der Waals surface area contributed by atoms with Gasteiger partial charge >= 0.3 is 0 Å². The maximum atomic E-state index is 11.5. The van der Waals surface area contributed by atoms with Crippen molar-refractivity contribution < 1.29 is 8.42 Å². The molecule has 1 N–H and O–H groups in total. The minimum Gasteiger partial charge on any atom is -0.314 e. The van der Waals surface area contributed by atoms with Crippen molar-refractivity contribution in [2.75, 3.05) is 24.7 Å². The largest absolute Gasteiger partial charge is 0.314 e. The van der Waals surface area contributed by atoms with Crippen LogP contribution in [0.4, 0.5) is 0 Å². The summed E-state index contributed by atoms with van der Waals surface area (Å²) in [5.41, 5.74) is 0. The number of rotatable bonds is 4. The van der Waals surface area contributed by atoms with Gasteiger partial charge in [-0.3, -0.25) is 0 Å². The molecule has 13 heavy (non-hydrogen) atoms. The number of hydrogen-bond donors (Lipinski definition) is 1. The van der Waals surface area contributed by atoms with Crippen LogP contribution in [-0.4, -0.2) is 38.4 Å². The van der Waals surface area contributed by atoms with E-state index in [4.69, 9.17) is 11.6 Å². The van der Waals surface area contributed by atoms with Gasteiger partial charge in [-0.2, -0.15) is 0 Å². The number of fused-ring (bicyclic) bond motifs is 1. The van der Waals surface area contributed by atoms with E-state index in [0.717, 1.165) is 6.42 Å². The first-order valence-electron chi connectivity index (χ1n) is 4.63. The zero-order chi connectivity index (χ0) is 9.47. The van der Waals surface area contributed by atoms with Gasteiger partial charge in [-0.15, -0.1) is 11.6 Å². The molecule has 0 amide bonds. The quantitative estimate of drug-likeness (QED) is 0.549. The topological polar surface area (TPSA) is 46.2 Å². The molecule has 0 aromatic rings. The zero-order valence-electron chi connectivity index (χ0n) is 7.37. The molecule has 2 fully saturated rings. The molecule has 0 bridgehead atoms. The first kappa shape index (κ1) is 9.74. The van der Waals surface area contributed by atoms with Crippen LogP contribution < -0.4 is 5.32 Å². The summed E-state index contributed by atoms with van der Waals surface area (Å²) in [5, 5.41) is 2.95. The predicted molar refractivity (Wildman–Crippen MR) is 52.8 cm³/mol. The van der Waals surface area contributed by atoms with Crippen molar-refractivity contribution in [1.29, 1.82) is 0 Å². The maximum Gasteiger partial charge on any atom is 0.154 e. The minimum absolute atomic E-state index is 0.124. The highest BCUT2D eigenvalue weighted by Gasteiger charge is 2.56. The average molecular weight is 224 g/mol. The summed E-state index contributed by atoms with van der Waals surface area (Å²) in [7, 11) is -2.77. The van der Waals surface area contributed by atoms with Crippen LogP contribution in [0.25, 0.3) is 0 Å². The van der Waals surface area contributed by atoms with E-state index in [-0.39, 0.29) is 5.25 Å². The molecular formula is C8H14ClNO2S. The first-order chi connectivity index (χ1) is 6.15. The lowest BCUT2D eigenvalue weighted by Gasteiger charge is -2.12. The summed E-state index contributed by atoms with van der Waals surface area (Å²) in [4.78, 5) is 0. The highest BCUT2D eigenvalue weighted by molar-refractivity contribution is 7.92.